The van der Waals surface area contributed by atoms with Crippen LogP contribution in [0.3, 0.4) is 0 Å². The van der Waals surface area contributed by atoms with E-state index in [0.29, 0.717) is 32.6 Å². The first kappa shape index (κ1) is 17.7. The second-order valence-electron chi connectivity index (χ2n) is 5.84. The highest BCUT2D eigenvalue weighted by atomic mass is 35.5. The summed E-state index contributed by atoms with van der Waals surface area (Å²) in [7, 11) is 0. The largest absolute Gasteiger partial charge is 0.378 e. The first-order chi connectivity index (χ1) is 10.6. The number of benzene rings is 1. The predicted molar refractivity (Wildman–Crippen MR) is 88.2 cm³/mol. The summed E-state index contributed by atoms with van der Waals surface area (Å²) in [5, 5.41) is 3.26. The molecule has 6 nitrogen and oxygen atoms in total. The van der Waals surface area contributed by atoms with Crippen LogP contribution in [0.15, 0.2) is 24.3 Å². The van der Waals surface area contributed by atoms with Gasteiger partial charge in [-0.1, -0.05) is 24.3 Å². The molecule has 1 saturated heterocycles. The minimum atomic E-state index is -0.563. The van der Waals surface area contributed by atoms with E-state index >= 15 is 0 Å². The Labute approximate surface area is 141 Å². The van der Waals surface area contributed by atoms with Gasteiger partial charge in [-0.3, -0.25) is 9.59 Å². The highest BCUT2D eigenvalue weighted by Crippen LogP contribution is 2.24. The summed E-state index contributed by atoms with van der Waals surface area (Å²) < 4.78 is 5.38. The van der Waals surface area contributed by atoms with Gasteiger partial charge in [0.2, 0.25) is 11.8 Å². The van der Waals surface area contributed by atoms with Crippen LogP contribution in [-0.2, 0) is 27.3 Å². The Morgan fingerprint density at radius 1 is 1.30 bits per heavy atom. The van der Waals surface area contributed by atoms with Crippen molar-refractivity contribution in [3.8, 4) is 0 Å². The van der Waals surface area contributed by atoms with Crippen molar-refractivity contribution in [2.24, 2.45) is 5.73 Å². The molecular formula is C16H22ClN3O3. The van der Waals surface area contributed by atoms with Crippen LogP contribution in [0.4, 0.5) is 0 Å². The Bertz CT molecular complexity index is 575. The van der Waals surface area contributed by atoms with Crippen molar-refractivity contribution in [2.75, 3.05) is 19.8 Å². The SMILES string of the molecule is Cl.NC(=O)C1Cc2ccccc2CN1C(=O)CC1COCCN1. The van der Waals surface area contributed by atoms with Crippen LogP contribution in [0.2, 0.25) is 0 Å². The summed E-state index contributed by atoms with van der Waals surface area (Å²) in [6, 6.07) is 7.32. The van der Waals surface area contributed by atoms with Crippen LogP contribution in [0, 0.1) is 0 Å². The number of primary amides is 1. The van der Waals surface area contributed by atoms with Gasteiger partial charge < -0.3 is 20.7 Å². The molecule has 2 aliphatic heterocycles. The third kappa shape index (κ3) is 4.02. The maximum atomic E-state index is 12.6. The lowest BCUT2D eigenvalue weighted by Gasteiger charge is -2.36. The second kappa shape index (κ2) is 7.77. The molecule has 2 unspecified atom stereocenters. The van der Waals surface area contributed by atoms with Gasteiger partial charge in [0.05, 0.1) is 13.2 Å². The Balaban J connectivity index is 0.00000192. The molecule has 2 amide bonds. The number of hydrogen-bond acceptors (Lipinski definition) is 4. The van der Waals surface area contributed by atoms with Gasteiger partial charge in [0.15, 0.2) is 0 Å². The molecule has 7 heteroatoms. The summed E-state index contributed by atoms with van der Waals surface area (Å²) in [6.07, 6.45) is 0.817. The average molecular weight is 340 g/mol. The highest BCUT2D eigenvalue weighted by molar-refractivity contribution is 5.87. The summed E-state index contributed by atoms with van der Waals surface area (Å²) in [4.78, 5) is 26.0. The zero-order chi connectivity index (χ0) is 15.5. The van der Waals surface area contributed by atoms with E-state index in [2.05, 4.69) is 5.32 Å². The fourth-order valence-electron chi connectivity index (χ4n) is 3.12. The van der Waals surface area contributed by atoms with Crippen molar-refractivity contribution < 1.29 is 14.3 Å². The summed E-state index contributed by atoms with van der Waals surface area (Å²) in [5.41, 5.74) is 7.69. The van der Waals surface area contributed by atoms with E-state index in [4.69, 9.17) is 10.5 Å². The molecule has 0 radical (unpaired) electrons. The number of carbonyl (C=O) groups is 2. The number of ether oxygens (including phenoxy) is 1. The fraction of sp³-hybridized carbons (Fsp3) is 0.500. The molecule has 2 aliphatic rings. The van der Waals surface area contributed by atoms with Crippen molar-refractivity contribution in [1.82, 2.24) is 10.2 Å². The van der Waals surface area contributed by atoms with E-state index in [1.807, 2.05) is 24.3 Å². The van der Waals surface area contributed by atoms with Crippen LogP contribution < -0.4 is 11.1 Å². The third-order valence-corrected chi connectivity index (χ3v) is 4.32. The van der Waals surface area contributed by atoms with Gasteiger partial charge in [0, 0.05) is 32.0 Å². The van der Waals surface area contributed by atoms with E-state index in [0.717, 1.165) is 17.7 Å². The smallest absolute Gasteiger partial charge is 0.240 e. The summed E-state index contributed by atoms with van der Waals surface area (Å²) >= 11 is 0. The van der Waals surface area contributed by atoms with Crippen LogP contribution in [0.1, 0.15) is 17.5 Å². The zero-order valence-electron chi connectivity index (χ0n) is 12.9. The lowest BCUT2D eigenvalue weighted by Crippen LogP contribution is -2.53. The normalized spacial score (nSPS) is 23.6. The molecule has 0 aliphatic carbocycles. The Morgan fingerprint density at radius 3 is 2.70 bits per heavy atom. The number of rotatable bonds is 3. The number of morpholine rings is 1. The lowest BCUT2D eigenvalue weighted by molar-refractivity contribution is -0.141. The van der Waals surface area contributed by atoms with Gasteiger partial charge in [-0.15, -0.1) is 12.4 Å². The van der Waals surface area contributed by atoms with Crippen molar-refractivity contribution in [3.05, 3.63) is 35.4 Å². The molecule has 1 aromatic carbocycles. The molecule has 3 N–H and O–H groups in total. The van der Waals surface area contributed by atoms with E-state index in [-0.39, 0.29) is 24.4 Å². The number of fused-ring (bicyclic) bond motifs is 1. The number of carbonyl (C=O) groups excluding carboxylic acids is 2. The van der Waals surface area contributed by atoms with Crippen LogP contribution >= 0.6 is 12.4 Å². The first-order valence-electron chi connectivity index (χ1n) is 7.62. The minimum absolute atomic E-state index is 0. The third-order valence-electron chi connectivity index (χ3n) is 4.32. The average Bonchev–Trinajstić information content (AvgIpc) is 2.54. The monoisotopic (exact) mass is 339 g/mol. The number of nitrogens with zero attached hydrogens (tertiary/aromatic N) is 1. The molecule has 0 saturated carbocycles. The molecule has 23 heavy (non-hydrogen) atoms. The van der Waals surface area contributed by atoms with Crippen molar-refractivity contribution >= 4 is 24.2 Å². The molecule has 3 rings (SSSR count). The van der Waals surface area contributed by atoms with Gasteiger partial charge >= 0.3 is 0 Å². The number of nitrogens with one attached hydrogen (secondary N) is 1. The minimum Gasteiger partial charge on any atom is -0.378 e. The molecule has 2 atom stereocenters. The first-order valence-corrected chi connectivity index (χ1v) is 7.62. The van der Waals surface area contributed by atoms with Gasteiger partial charge in [0.25, 0.3) is 0 Å². The van der Waals surface area contributed by atoms with Crippen molar-refractivity contribution in [1.29, 1.82) is 0 Å². The fourth-order valence-corrected chi connectivity index (χ4v) is 3.12. The number of hydrogen-bond donors (Lipinski definition) is 2. The van der Waals surface area contributed by atoms with Gasteiger partial charge in [-0.2, -0.15) is 0 Å². The maximum absolute atomic E-state index is 12.6. The number of amides is 2. The van der Waals surface area contributed by atoms with Crippen LogP contribution in [0.5, 0.6) is 0 Å². The van der Waals surface area contributed by atoms with Crippen molar-refractivity contribution in [2.45, 2.75) is 31.5 Å². The maximum Gasteiger partial charge on any atom is 0.240 e. The van der Waals surface area contributed by atoms with Gasteiger partial charge in [0.1, 0.15) is 6.04 Å². The topological polar surface area (TPSA) is 84.7 Å². The molecular weight excluding hydrogens is 318 g/mol. The van der Waals surface area contributed by atoms with Crippen LogP contribution in [0.25, 0.3) is 0 Å². The van der Waals surface area contributed by atoms with E-state index in [1.54, 1.807) is 4.90 Å². The summed E-state index contributed by atoms with van der Waals surface area (Å²) in [5.74, 6) is -0.503. The molecule has 0 bridgehead atoms. The highest BCUT2D eigenvalue weighted by Gasteiger charge is 2.34. The standard InChI is InChI=1S/C16H21N3O3.ClH/c17-16(21)14-7-11-3-1-2-4-12(11)9-19(14)15(20)8-13-10-22-6-5-18-13;/h1-4,13-14,18H,5-10H2,(H2,17,21);1H. The van der Waals surface area contributed by atoms with Gasteiger partial charge in [-0.25, -0.2) is 0 Å². The molecule has 0 spiro atoms. The Kier molecular flexibility index (Phi) is 5.98. The molecule has 1 aromatic rings. The molecule has 1 fully saturated rings. The molecule has 126 valence electrons. The van der Waals surface area contributed by atoms with Gasteiger partial charge in [-0.05, 0) is 11.1 Å². The molecule has 2 heterocycles. The molecule has 0 aromatic heterocycles. The lowest BCUT2D eigenvalue weighted by atomic mass is 9.93. The quantitative estimate of drug-likeness (QED) is 0.825. The van der Waals surface area contributed by atoms with E-state index < -0.39 is 11.9 Å². The number of nitrogens with two attached hydrogens (primary N) is 1. The van der Waals surface area contributed by atoms with E-state index in [9.17, 15) is 9.59 Å². The van der Waals surface area contributed by atoms with E-state index in [1.165, 1.54) is 0 Å². The number of halogens is 1. The predicted octanol–water partition coefficient (Wildman–Crippen LogP) is 0.225. The van der Waals surface area contributed by atoms with Crippen molar-refractivity contribution in [3.63, 3.8) is 0 Å². The second-order valence-corrected chi connectivity index (χ2v) is 5.84. The van der Waals surface area contributed by atoms with Crippen LogP contribution in [-0.4, -0.2) is 48.6 Å². The summed E-state index contributed by atoms with van der Waals surface area (Å²) in [6.45, 7) is 2.39. The Hall–Kier alpha value is -1.63. The zero-order valence-corrected chi connectivity index (χ0v) is 13.7. The Morgan fingerprint density at radius 2 is 2.04 bits per heavy atom.